The fraction of sp³-hybridized carbons (Fsp3) is 0.250. The number of nitro groups is 1. The van der Waals surface area contributed by atoms with Gasteiger partial charge in [-0.3, -0.25) is 10.1 Å². The highest BCUT2D eigenvalue weighted by Crippen LogP contribution is 2.33. The molecule has 0 amide bonds. The van der Waals surface area contributed by atoms with Crippen LogP contribution in [0, 0.1) is 10.1 Å². The topological polar surface area (TPSA) is 63.4 Å². The van der Waals surface area contributed by atoms with Crippen molar-refractivity contribution in [1.29, 1.82) is 0 Å². The van der Waals surface area contributed by atoms with Crippen LogP contribution in [-0.4, -0.2) is 16.6 Å². The van der Waals surface area contributed by atoms with Crippen molar-refractivity contribution in [2.75, 3.05) is 6.61 Å². The summed E-state index contributed by atoms with van der Waals surface area (Å²) in [4.78, 5) is 9.54. The molecule has 0 aromatic heterocycles. The van der Waals surface area contributed by atoms with Crippen molar-refractivity contribution in [3.05, 3.63) is 38.9 Å². The molecule has 82 valence electrons. The molecule has 1 rings (SSSR count). The Balaban J connectivity index is 3.25. The first-order chi connectivity index (χ1) is 6.88. The quantitative estimate of drug-likeness (QED) is 0.648. The average Bonchev–Trinajstić information content (AvgIpc) is 2.17. The van der Waals surface area contributed by atoms with Crippen LogP contribution in [0.15, 0.2) is 18.2 Å². The maximum absolute atomic E-state index is 12.9. The Labute approximate surface area is 88.2 Å². The van der Waals surface area contributed by atoms with Crippen molar-refractivity contribution < 1.29 is 18.8 Å². The zero-order valence-corrected chi connectivity index (χ0v) is 8.04. The second kappa shape index (κ2) is 4.08. The predicted molar refractivity (Wildman–Crippen MR) is 49.1 cm³/mol. The fourth-order valence-corrected chi connectivity index (χ4v) is 1.16. The standard InChI is InChI=1S/C8H6ClF2NO3/c9-6-2-1-5(8(10,11)4-13)3-7(6)12(14)15/h1-3,13H,4H2. The molecule has 0 saturated heterocycles. The largest absolute Gasteiger partial charge is 0.390 e. The van der Waals surface area contributed by atoms with E-state index in [1.807, 2.05) is 0 Å². The molecule has 1 aromatic carbocycles. The second-order valence-corrected chi connectivity index (χ2v) is 3.19. The van der Waals surface area contributed by atoms with Crippen molar-refractivity contribution in [3.63, 3.8) is 0 Å². The lowest BCUT2D eigenvalue weighted by Gasteiger charge is -2.13. The highest BCUT2D eigenvalue weighted by molar-refractivity contribution is 6.32. The number of hydrogen-bond acceptors (Lipinski definition) is 3. The van der Waals surface area contributed by atoms with Crippen LogP contribution < -0.4 is 0 Å². The van der Waals surface area contributed by atoms with Crippen LogP contribution in [0.2, 0.25) is 5.02 Å². The van der Waals surface area contributed by atoms with Gasteiger partial charge in [0.2, 0.25) is 0 Å². The minimum absolute atomic E-state index is 0.225. The van der Waals surface area contributed by atoms with E-state index in [9.17, 15) is 18.9 Å². The second-order valence-electron chi connectivity index (χ2n) is 2.79. The molecular formula is C8H6ClF2NO3. The Hall–Kier alpha value is -1.27. The summed E-state index contributed by atoms with van der Waals surface area (Å²) in [5.74, 6) is -3.50. The smallest absolute Gasteiger partial charge is 0.296 e. The van der Waals surface area contributed by atoms with Crippen LogP contribution in [0.5, 0.6) is 0 Å². The van der Waals surface area contributed by atoms with E-state index in [1.54, 1.807) is 0 Å². The molecule has 0 bridgehead atoms. The SMILES string of the molecule is O=[N+]([O-])c1cc(C(F)(F)CO)ccc1Cl. The number of nitro benzene ring substituents is 1. The van der Waals surface area contributed by atoms with E-state index in [2.05, 4.69) is 0 Å². The molecule has 1 aromatic rings. The lowest BCUT2D eigenvalue weighted by molar-refractivity contribution is -0.384. The first-order valence-electron chi connectivity index (χ1n) is 3.81. The third-order valence-electron chi connectivity index (χ3n) is 1.76. The van der Waals surface area contributed by atoms with Crippen LogP contribution in [-0.2, 0) is 5.92 Å². The summed E-state index contributed by atoms with van der Waals surface area (Å²) >= 11 is 5.44. The third-order valence-corrected chi connectivity index (χ3v) is 2.08. The van der Waals surface area contributed by atoms with Crippen molar-refractivity contribution in [2.24, 2.45) is 0 Å². The van der Waals surface area contributed by atoms with Crippen LogP contribution in [0.4, 0.5) is 14.5 Å². The number of nitrogens with zero attached hydrogens (tertiary/aromatic N) is 1. The molecule has 4 nitrogen and oxygen atoms in total. The third kappa shape index (κ3) is 2.40. The fourth-order valence-electron chi connectivity index (χ4n) is 0.971. The van der Waals surface area contributed by atoms with E-state index in [0.717, 1.165) is 12.1 Å². The molecule has 0 heterocycles. The summed E-state index contributed by atoms with van der Waals surface area (Å²) in [6.45, 7) is -1.41. The van der Waals surface area contributed by atoms with Crippen molar-refractivity contribution in [2.45, 2.75) is 5.92 Å². The zero-order valence-electron chi connectivity index (χ0n) is 7.28. The molecular weight excluding hydrogens is 232 g/mol. The molecule has 0 atom stereocenters. The molecule has 1 N–H and O–H groups in total. The highest BCUT2D eigenvalue weighted by atomic mass is 35.5. The zero-order chi connectivity index (χ0) is 11.6. The van der Waals surface area contributed by atoms with Gasteiger partial charge in [-0.15, -0.1) is 0 Å². The number of halogens is 3. The number of alkyl halides is 2. The highest BCUT2D eigenvalue weighted by Gasteiger charge is 2.32. The van der Waals surface area contributed by atoms with E-state index in [4.69, 9.17) is 16.7 Å². The Morgan fingerprint density at radius 3 is 2.60 bits per heavy atom. The number of aliphatic hydroxyl groups excluding tert-OH is 1. The minimum atomic E-state index is -3.50. The van der Waals surface area contributed by atoms with Gasteiger partial charge >= 0.3 is 0 Å². The summed E-state index contributed by atoms with van der Waals surface area (Å²) in [7, 11) is 0. The molecule has 7 heteroatoms. The van der Waals surface area contributed by atoms with E-state index in [-0.39, 0.29) is 5.02 Å². The normalized spacial score (nSPS) is 11.5. The van der Waals surface area contributed by atoms with Gasteiger partial charge in [-0.25, -0.2) is 0 Å². The Morgan fingerprint density at radius 1 is 1.53 bits per heavy atom. The van der Waals surface area contributed by atoms with E-state index < -0.39 is 28.7 Å². The van der Waals surface area contributed by atoms with Gasteiger partial charge in [-0.05, 0) is 6.07 Å². The van der Waals surface area contributed by atoms with Crippen LogP contribution >= 0.6 is 11.6 Å². The van der Waals surface area contributed by atoms with Gasteiger partial charge in [0, 0.05) is 11.6 Å². The van der Waals surface area contributed by atoms with E-state index >= 15 is 0 Å². The minimum Gasteiger partial charge on any atom is -0.390 e. The summed E-state index contributed by atoms with van der Waals surface area (Å²) < 4.78 is 25.9. The number of aliphatic hydroxyl groups is 1. The first kappa shape index (κ1) is 11.8. The number of hydrogen-bond donors (Lipinski definition) is 1. The lowest BCUT2D eigenvalue weighted by atomic mass is 10.1. The van der Waals surface area contributed by atoms with Gasteiger partial charge in [0.05, 0.1) is 4.92 Å². The molecule has 15 heavy (non-hydrogen) atoms. The molecule has 0 aliphatic heterocycles. The van der Waals surface area contributed by atoms with Gasteiger partial charge in [0.1, 0.15) is 11.6 Å². The molecule has 0 unspecified atom stereocenters. The Morgan fingerprint density at radius 2 is 2.13 bits per heavy atom. The maximum Gasteiger partial charge on any atom is 0.296 e. The van der Waals surface area contributed by atoms with Crippen LogP contribution in [0.1, 0.15) is 5.56 Å². The van der Waals surface area contributed by atoms with Crippen molar-refractivity contribution in [3.8, 4) is 0 Å². The molecule has 0 spiro atoms. The summed E-state index contributed by atoms with van der Waals surface area (Å²) in [6, 6.07) is 2.59. The van der Waals surface area contributed by atoms with Gasteiger partial charge in [0.15, 0.2) is 0 Å². The van der Waals surface area contributed by atoms with Gasteiger partial charge in [0.25, 0.3) is 11.6 Å². The molecule has 0 fully saturated rings. The maximum atomic E-state index is 12.9. The van der Waals surface area contributed by atoms with Crippen LogP contribution in [0.3, 0.4) is 0 Å². The first-order valence-corrected chi connectivity index (χ1v) is 4.19. The monoisotopic (exact) mass is 237 g/mol. The Kier molecular flexibility index (Phi) is 3.21. The lowest BCUT2D eigenvalue weighted by Crippen LogP contribution is -2.18. The summed E-state index contributed by atoms with van der Waals surface area (Å²) in [5.41, 5.74) is -1.25. The van der Waals surface area contributed by atoms with Gasteiger partial charge in [-0.1, -0.05) is 17.7 Å². The number of benzene rings is 1. The van der Waals surface area contributed by atoms with Crippen LogP contribution in [0.25, 0.3) is 0 Å². The van der Waals surface area contributed by atoms with Crippen molar-refractivity contribution in [1.82, 2.24) is 0 Å². The van der Waals surface area contributed by atoms with Gasteiger partial charge < -0.3 is 5.11 Å². The molecule has 0 aliphatic carbocycles. The summed E-state index contributed by atoms with van der Waals surface area (Å²) in [5, 5.41) is 18.6. The van der Waals surface area contributed by atoms with E-state index in [1.165, 1.54) is 0 Å². The summed E-state index contributed by atoms with van der Waals surface area (Å²) in [6.07, 6.45) is 0. The van der Waals surface area contributed by atoms with Gasteiger partial charge in [-0.2, -0.15) is 8.78 Å². The Bertz CT molecular complexity index is 397. The molecule has 0 radical (unpaired) electrons. The predicted octanol–water partition coefficient (Wildman–Crippen LogP) is 2.33. The molecule has 0 aliphatic rings. The number of rotatable bonds is 3. The molecule has 0 saturated carbocycles. The van der Waals surface area contributed by atoms with E-state index in [0.29, 0.717) is 6.07 Å². The van der Waals surface area contributed by atoms with Crippen molar-refractivity contribution >= 4 is 17.3 Å². The average molecular weight is 238 g/mol.